The van der Waals surface area contributed by atoms with E-state index in [-0.39, 0.29) is 21.9 Å². The normalized spacial score (nSPS) is 13.5. The first-order valence-corrected chi connectivity index (χ1v) is 9.44. The average Bonchev–Trinajstić information content (AvgIpc) is 3.16. The average molecular weight is 411 g/mol. The lowest BCUT2D eigenvalue weighted by Gasteiger charge is -2.02. The van der Waals surface area contributed by atoms with Crippen molar-refractivity contribution in [2.75, 3.05) is 0 Å². The minimum absolute atomic E-state index is 0.0823. The number of halogens is 1. The zero-order valence-corrected chi connectivity index (χ0v) is 15.9. The summed E-state index contributed by atoms with van der Waals surface area (Å²) in [6.45, 7) is 2.15. The molecule has 0 aliphatic carbocycles. The summed E-state index contributed by atoms with van der Waals surface area (Å²) in [5.41, 5.74) is 0.586. The van der Waals surface area contributed by atoms with Gasteiger partial charge in [-0.1, -0.05) is 17.4 Å². The number of fused-ring (bicyclic) bond motifs is 1. The van der Waals surface area contributed by atoms with Gasteiger partial charge >= 0.3 is 5.97 Å². The molecule has 1 aliphatic heterocycles. The van der Waals surface area contributed by atoms with E-state index in [1.165, 1.54) is 34.9 Å². The smallest absolute Gasteiger partial charge is 0.335 e. The summed E-state index contributed by atoms with van der Waals surface area (Å²) in [5, 5.41) is 20.5. The Bertz CT molecular complexity index is 1370. The van der Waals surface area contributed by atoms with Crippen molar-refractivity contribution in [1.29, 1.82) is 0 Å². The van der Waals surface area contributed by atoms with Crippen LogP contribution >= 0.6 is 11.3 Å². The van der Waals surface area contributed by atoms with Crippen LogP contribution in [0, 0.1) is 5.82 Å². The van der Waals surface area contributed by atoms with Crippen molar-refractivity contribution in [1.82, 2.24) is 4.57 Å². The molecule has 0 unspecified atom stereocenters. The van der Waals surface area contributed by atoms with E-state index < -0.39 is 17.7 Å². The monoisotopic (exact) mass is 411 g/mol. The van der Waals surface area contributed by atoms with E-state index in [0.717, 1.165) is 11.3 Å². The van der Waals surface area contributed by atoms with Crippen LogP contribution in [-0.4, -0.2) is 26.7 Å². The van der Waals surface area contributed by atoms with Crippen LogP contribution < -0.4 is 15.4 Å². The Balaban J connectivity index is 1.96. The number of thiazole rings is 1. The molecule has 0 saturated carbocycles. The van der Waals surface area contributed by atoms with Crippen LogP contribution in [0.15, 0.2) is 52.4 Å². The van der Waals surface area contributed by atoms with Gasteiger partial charge in [-0.3, -0.25) is 9.36 Å². The Labute approximate surface area is 167 Å². The van der Waals surface area contributed by atoms with Crippen molar-refractivity contribution in [2.24, 2.45) is 9.98 Å². The molecule has 0 radical (unpaired) electrons. The summed E-state index contributed by atoms with van der Waals surface area (Å²) in [6.07, 6.45) is 0. The Kier molecular flexibility index (Phi) is 4.59. The molecular weight excluding hydrogens is 397 g/mol. The van der Waals surface area contributed by atoms with E-state index >= 15 is 0 Å². The van der Waals surface area contributed by atoms with E-state index in [1.807, 2.05) is 0 Å². The maximum absolute atomic E-state index is 13.7. The minimum Gasteiger partial charge on any atom is -0.493 e. The summed E-state index contributed by atoms with van der Waals surface area (Å²) in [4.78, 5) is 32.6. The lowest BCUT2D eigenvalue weighted by atomic mass is 10.1. The second kappa shape index (κ2) is 7.10. The fourth-order valence-electron chi connectivity index (χ4n) is 3.06. The van der Waals surface area contributed by atoms with Gasteiger partial charge in [-0.15, -0.1) is 0 Å². The molecule has 0 atom stereocenters. The lowest BCUT2D eigenvalue weighted by Crippen LogP contribution is -2.23. The van der Waals surface area contributed by atoms with Crippen molar-refractivity contribution in [3.05, 3.63) is 74.1 Å². The molecule has 4 rings (SSSR count). The maximum atomic E-state index is 13.7. The molecule has 1 aliphatic rings. The molecule has 0 fully saturated rings. The Morgan fingerprint density at radius 2 is 2.07 bits per heavy atom. The van der Waals surface area contributed by atoms with Crippen LogP contribution in [0.5, 0.6) is 5.88 Å². The number of benzene rings is 2. The van der Waals surface area contributed by atoms with E-state index in [4.69, 9.17) is 5.11 Å². The lowest BCUT2D eigenvalue weighted by molar-refractivity contribution is -0.112. The van der Waals surface area contributed by atoms with E-state index in [1.54, 1.807) is 19.1 Å². The number of carbonyl (C=O) groups excluding carboxylic acids is 1. The number of hydrogen-bond acceptors (Lipinski definition) is 5. The highest BCUT2D eigenvalue weighted by Crippen LogP contribution is 2.29. The second-order valence-corrected chi connectivity index (χ2v) is 7.18. The molecule has 9 heteroatoms. The molecule has 3 aromatic rings. The first kappa shape index (κ1) is 18.8. The highest BCUT2D eigenvalue weighted by molar-refractivity contribution is 7.11. The molecule has 1 amide bonds. The van der Waals surface area contributed by atoms with Crippen LogP contribution in [0.2, 0.25) is 0 Å². The highest BCUT2D eigenvalue weighted by atomic mass is 32.1. The number of amides is 1. The maximum Gasteiger partial charge on any atom is 0.335 e. The molecule has 2 N–H and O–H groups in total. The molecule has 0 saturated heterocycles. The van der Waals surface area contributed by atoms with Crippen molar-refractivity contribution >= 4 is 34.5 Å². The van der Waals surface area contributed by atoms with Gasteiger partial charge in [-0.2, -0.15) is 0 Å². The number of nitrogens with zero attached hydrogens (tertiary/aromatic N) is 3. The summed E-state index contributed by atoms with van der Waals surface area (Å²) < 4.78 is 15.2. The standard InChI is InChI=1S/C20H14FN3O4S/c1-2-24-18(26)16(15-13-9-11(21)6-7-14(13)23-17(15)25)29-20(24)22-12-5-3-4-10(8-12)19(27)28/h3-9,26H,2H2,1H3,(H,27,28). The van der Waals surface area contributed by atoms with Gasteiger partial charge in [0.1, 0.15) is 10.7 Å². The molecule has 2 aromatic carbocycles. The van der Waals surface area contributed by atoms with Crippen molar-refractivity contribution in [2.45, 2.75) is 13.5 Å². The fourth-order valence-corrected chi connectivity index (χ4v) is 4.22. The topological polar surface area (TPSA) is 104 Å². The number of aromatic carboxylic acids is 1. The number of rotatable bonds is 4. The van der Waals surface area contributed by atoms with Crippen molar-refractivity contribution < 1.29 is 24.2 Å². The van der Waals surface area contributed by atoms with Crippen LogP contribution in [0.3, 0.4) is 0 Å². The number of hydrogen-bond donors (Lipinski definition) is 2. The van der Waals surface area contributed by atoms with Crippen LogP contribution in [0.1, 0.15) is 22.2 Å². The molecule has 0 bridgehead atoms. The third-order valence-corrected chi connectivity index (χ3v) is 5.49. The Morgan fingerprint density at radius 1 is 1.28 bits per heavy atom. The summed E-state index contributed by atoms with van der Waals surface area (Å²) >= 11 is 1.05. The van der Waals surface area contributed by atoms with Crippen LogP contribution in [0.25, 0.3) is 5.57 Å². The van der Waals surface area contributed by atoms with Crippen molar-refractivity contribution in [3.63, 3.8) is 0 Å². The van der Waals surface area contributed by atoms with Gasteiger partial charge in [0.25, 0.3) is 5.91 Å². The zero-order chi connectivity index (χ0) is 20.7. The van der Waals surface area contributed by atoms with Crippen LogP contribution in [-0.2, 0) is 11.3 Å². The predicted octanol–water partition coefficient (Wildman–Crippen LogP) is 1.70. The molecule has 29 heavy (non-hydrogen) atoms. The molecule has 0 spiro atoms. The van der Waals surface area contributed by atoms with Gasteiger partial charge in [-0.25, -0.2) is 19.2 Å². The van der Waals surface area contributed by atoms with Gasteiger partial charge in [-0.05, 0) is 43.3 Å². The largest absolute Gasteiger partial charge is 0.493 e. The first-order chi connectivity index (χ1) is 13.9. The van der Waals surface area contributed by atoms with Gasteiger partial charge in [0, 0.05) is 11.8 Å². The molecule has 7 nitrogen and oxygen atoms in total. The number of carboxylic acids is 1. The van der Waals surface area contributed by atoms with E-state index in [2.05, 4.69) is 9.98 Å². The van der Waals surface area contributed by atoms with Crippen LogP contribution in [0.4, 0.5) is 10.1 Å². The predicted molar refractivity (Wildman–Crippen MR) is 103 cm³/mol. The summed E-state index contributed by atoms with van der Waals surface area (Å²) in [5.74, 6) is -2.33. The molecule has 146 valence electrons. The second-order valence-electron chi connectivity index (χ2n) is 6.20. The molecule has 1 aromatic heterocycles. The summed E-state index contributed by atoms with van der Waals surface area (Å²) in [6, 6.07) is 9.91. The van der Waals surface area contributed by atoms with Gasteiger partial charge < -0.3 is 10.2 Å². The molecular formula is C20H14FN3O4S. The van der Waals surface area contributed by atoms with E-state index in [0.29, 0.717) is 27.6 Å². The fraction of sp³-hybridized carbons (Fsp3) is 0.100. The SMILES string of the molecule is CCn1c(O)c(C2=c3cc(F)ccc3=NC2=O)sc1=Nc1cccc(C(=O)O)c1. The minimum atomic E-state index is -1.08. The van der Waals surface area contributed by atoms with Gasteiger partial charge in [0.05, 0.1) is 22.2 Å². The van der Waals surface area contributed by atoms with Crippen molar-refractivity contribution in [3.8, 4) is 5.88 Å². The highest BCUT2D eigenvalue weighted by Gasteiger charge is 2.25. The Morgan fingerprint density at radius 3 is 2.79 bits per heavy atom. The van der Waals surface area contributed by atoms with Gasteiger partial charge in [0.2, 0.25) is 5.88 Å². The number of carboxylic acid groups (broad SMARTS) is 1. The number of aromatic nitrogens is 1. The van der Waals surface area contributed by atoms with E-state index in [9.17, 15) is 19.1 Å². The quantitative estimate of drug-likeness (QED) is 0.682. The third kappa shape index (κ3) is 3.25. The zero-order valence-electron chi connectivity index (χ0n) is 15.1. The Hall–Kier alpha value is -3.59. The summed E-state index contributed by atoms with van der Waals surface area (Å²) in [7, 11) is 0. The first-order valence-electron chi connectivity index (χ1n) is 8.63. The van der Waals surface area contributed by atoms with Gasteiger partial charge in [0.15, 0.2) is 4.80 Å². The third-order valence-electron chi connectivity index (χ3n) is 4.41. The number of aromatic hydroxyl groups is 1. The number of carbonyl (C=O) groups is 2. The molecule has 2 heterocycles.